The normalized spacial score (nSPS) is 18.6. The van der Waals surface area contributed by atoms with E-state index in [0.717, 1.165) is 0 Å². The summed E-state index contributed by atoms with van der Waals surface area (Å²) in [4.78, 5) is 22.8. The average Bonchev–Trinajstić information content (AvgIpc) is 3.12. The first-order valence-electron chi connectivity index (χ1n) is 9.87. The van der Waals surface area contributed by atoms with Crippen molar-refractivity contribution in [3.63, 3.8) is 0 Å². The first-order chi connectivity index (χ1) is 15.4. The lowest BCUT2D eigenvalue weighted by Crippen LogP contribution is -2.18. The van der Waals surface area contributed by atoms with E-state index in [1.54, 1.807) is 42.0 Å². The number of H-pyrrole nitrogens is 1. The average molecular weight is 459 g/mol. The van der Waals surface area contributed by atoms with E-state index in [4.69, 9.17) is 11.6 Å². The summed E-state index contributed by atoms with van der Waals surface area (Å²) in [6.07, 6.45) is 2.82. The molecule has 11 heteroatoms. The highest BCUT2D eigenvalue weighted by molar-refractivity contribution is 6.35. The van der Waals surface area contributed by atoms with Gasteiger partial charge in [0.15, 0.2) is 5.82 Å². The Kier molecular flexibility index (Phi) is 4.81. The summed E-state index contributed by atoms with van der Waals surface area (Å²) in [6.45, 7) is 1.64. The number of hydrogen-bond acceptors (Lipinski definition) is 4. The van der Waals surface area contributed by atoms with Crippen molar-refractivity contribution < 1.29 is 18.4 Å². The topological polar surface area (TPSA) is 104 Å². The lowest BCUT2D eigenvalue weighted by Gasteiger charge is -2.17. The summed E-state index contributed by atoms with van der Waals surface area (Å²) in [6, 6.07) is 4.47. The number of aromatic nitrogens is 4. The number of aromatic amines is 1. The van der Waals surface area contributed by atoms with Crippen LogP contribution in [0.5, 0.6) is 0 Å². The molecule has 5 rings (SSSR count). The van der Waals surface area contributed by atoms with Crippen molar-refractivity contribution in [3.05, 3.63) is 47.0 Å². The molecule has 3 aromatic heterocycles. The van der Waals surface area contributed by atoms with Crippen molar-refractivity contribution >= 4 is 46.2 Å². The van der Waals surface area contributed by atoms with E-state index < -0.39 is 29.9 Å². The summed E-state index contributed by atoms with van der Waals surface area (Å²) >= 11 is 6.45. The zero-order valence-electron chi connectivity index (χ0n) is 16.7. The van der Waals surface area contributed by atoms with Gasteiger partial charge in [-0.3, -0.25) is 14.7 Å². The molecule has 1 fully saturated rings. The molecule has 32 heavy (non-hydrogen) atoms. The molecule has 0 radical (unpaired) electrons. The molecule has 0 aliphatic heterocycles. The van der Waals surface area contributed by atoms with E-state index in [1.165, 1.54) is 0 Å². The molecule has 1 aliphatic rings. The molecule has 1 saturated carbocycles. The number of fused-ring (bicyclic) bond motifs is 2. The van der Waals surface area contributed by atoms with Crippen LogP contribution in [0.15, 0.2) is 30.6 Å². The van der Waals surface area contributed by atoms with Crippen molar-refractivity contribution in [3.8, 4) is 11.1 Å². The van der Waals surface area contributed by atoms with Crippen LogP contribution in [0.3, 0.4) is 0 Å². The number of hydrogen-bond donors (Lipinski definition) is 3. The van der Waals surface area contributed by atoms with Gasteiger partial charge in [-0.25, -0.2) is 13.3 Å². The maximum absolute atomic E-state index is 15.3. The van der Waals surface area contributed by atoms with E-state index in [9.17, 15) is 14.0 Å². The van der Waals surface area contributed by atoms with Crippen molar-refractivity contribution in [1.29, 1.82) is 0 Å². The van der Waals surface area contributed by atoms with Crippen LogP contribution in [-0.2, 0) is 9.59 Å². The highest BCUT2D eigenvalue weighted by Crippen LogP contribution is 2.41. The quantitative estimate of drug-likeness (QED) is 0.382. The van der Waals surface area contributed by atoms with Gasteiger partial charge in [-0.05, 0) is 31.0 Å². The number of benzene rings is 1. The first kappa shape index (κ1) is 20.4. The van der Waals surface area contributed by atoms with Gasteiger partial charge in [-0.15, -0.1) is 0 Å². The molecular formula is C21H17ClF2N6O2. The van der Waals surface area contributed by atoms with Crippen LogP contribution >= 0.6 is 11.6 Å². The smallest absolute Gasteiger partial charge is 0.231 e. The van der Waals surface area contributed by atoms with Crippen molar-refractivity contribution in [2.24, 2.45) is 5.92 Å². The van der Waals surface area contributed by atoms with Gasteiger partial charge in [-0.2, -0.15) is 10.2 Å². The second kappa shape index (κ2) is 7.56. The van der Waals surface area contributed by atoms with Crippen LogP contribution < -0.4 is 10.6 Å². The lowest BCUT2D eigenvalue weighted by molar-refractivity contribution is -0.117. The summed E-state index contributed by atoms with van der Waals surface area (Å²) in [5.41, 5.74) is 2.30. The molecule has 3 atom stereocenters. The summed E-state index contributed by atoms with van der Waals surface area (Å²) < 4.78 is 29.9. The number of halogens is 3. The third kappa shape index (κ3) is 3.27. The fraction of sp³-hybridized carbons (Fsp3) is 0.238. The molecule has 3 N–H and O–H groups in total. The number of amides is 2. The van der Waals surface area contributed by atoms with E-state index in [1.807, 2.05) is 0 Å². The largest absolute Gasteiger partial charge is 0.352 e. The first-order valence-corrected chi connectivity index (χ1v) is 10.2. The number of carbonyl (C=O) groups is 2. The Balaban J connectivity index is 1.58. The SMILES string of the molecule is CC(NC=O)c1c(F)c(Cl)c(-c2ccn3nc(NC(=O)C4CC4F)cc3c2)c2cn[nH]c12. The molecular weight excluding hydrogens is 442 g/mol. The zero-order valence-corrected chi connectivity index (χ0v) is 17.5. The summed E-state index contributed by atoms with van der Waals surface area (Å²) in [5.74, 6) is -1.39. The molecule has 1 aromatic carbocycles. The van der Waals surface area contributed by atoms with Gasteiger partial charge >= 0.3 is 0 Å². The number of carbonyl (C=O) groups excluding carboxylic acids is 2. The molecule has 4 aromatic rings. The molecule has 0 spiro atoms. The number of nitrogens with one attached hydrogen (secondary N) is 3. The van der Waals surface area contributed by atoms with Gasteiger partial charge < -0.3 is 10.6 Å². The van der Waals surface area contributed by atoms with Crippen LogP contribution in [0, 0.1) is 11.7 Å². The van der Waals surface area contributed by atoms with Gasteiger partial charge in [0.05, 0.1) is 34.2 Å². The third-order valence-electron chi connectivity index (χ3n) is 5.63. The Labute approximate surface area is 184 Å². The van der Waals surface area contributed by atoms with Gasteiger partial charge in [0, 0.05) is 28.8 Å². The number of nitrogens with zero attached hydrogens (tertiary/aromatic N) is 3. The Hall–Kier alpha value is -3.53. The minimum absolute atomic E-state index is 0.103. The van der Waals surface area contributed by atoms with E-state index in [0.29, 0.717) is 39.8 Å². The van der Waals surface area contributed by atoms with E-state index in [-0.39, 0.29) is 17.0 Å². The molecule has 3 unspecified atom stereocenters. The Morgan fingerprint density at radius 3 is 2.94 bits per heavy atom. The number of rotatable bonds is 6. The third-order valence-corrected chi connectivity index (χ3v) is 5.99. The minimum atomic E-state index is -1.10. The van der Waals surface area contributed by atoms with Crippen LogP contribution in [0.4, 0.5) is 14.6 Å². The fourth-order valence-electron chi connectivity index (χ4n) is 3.88. The summed E-state index contributed by atoms with van der Waals surface area (Å²) in [7, 11) is 0. The Bertz CT molecular complexity index is 1380. The molecule has 8 nitrogen and oxygen atoms in total. The predicted molar refractivity (Wildman–Crippen MR) is 114 cm³/mol. The molecule has 164 valence electrons. The van der Waals surface area contributed by atoms with Crippen LogP contribution in [0.1, 0.15) is 24.9 Å². The Morgan fingerprint density at radius 2 is 2.22 bits per heavy atom. The van der Waals surface area contributed by atoms with Crippen LogP contribution in [0.2, 0.25) is 5.02 Å². The highest BCUT2D eigenvalue weighted by atomic mass is 35.5. The standard InChI is InChI=1S/C21H17ClF2N6O2/c1-9(25-8-31)16-19(24)18(22)17(13-7-26-28-20(13)16)10-2-3-30-11(4-10)5-15(29-30)27-21(32)12-6-14(12)23/h2-5,7-9,12,14H,6H2,1H3,(H,25,31)(H,26,28)(H,27,29,32). The number of anilines is 1. The fourth-order valence-corrected chi connectivity index (χ4v) is 4.19. The van der Waals surface area contributed by atoms with Crippen LogP contribution in [0.25, 0.3) is 27.5 Å². The summed E-state index contributed by atoms with van der Waals surface area (Å²) in [5, 5.41) is 16.7. The monoisotopic (exact) mass is 458 g/mol. The minimum Gasteiger partial charge on any atom is -0.352 e. The van der Waals surface area contributed by atoms with Gasteiger partial charge in [0.2, 0.25) is 12.3 Å². The second-order valence-electron chi connectivity index (χ2n) is 7.74. The molecule has 0 saturated heterocycles. The molecule has 3 heterocycles. The molecule has 1 aliphatic carbocycles. The zero-order chi connectivity index (χ0) is 22.6. The maximum Gasteiger partial charge on any atom is 0.231 e. The van der Waals surface area contributed by atoms with Crippen molar-refractivity contribution in [1.82, 2.24) is 25.1 Å². The van der Waals surface area contributed by atoms with Crippen molar-refractivity contribution in [2.45, 2.75) is 25.6 Å². The predicted octanol–water partition coefficient (Wildman–Crippen LogP) is 3.77. The van der Waals surface area contributed by atoms with Crippen molar-refractivity contribution in [2.75, 3.05) is 5.32 Å². The molecule has 2 amide bonds. The highest BCUT2D eigenvalue weighted by Gasteiger charge is 2.43. The second-order valence-corrected chi connectivity index (χ2v) is 8.12. The van der Waals surface area contributed by atoms with Gasteiger partial charge in [-0.1, -0.05) is 11.6 Å². The molecule has 0 bridgehead atoms. The number of pyridine rings is 1. The number of alkyl halides is 1. The maximum atomic E-state index is 15.3. The Morgan fingerprint density at radius 1 is 1.44 bits per heavy atom. The van der Waals surface area contributed by atoms with E-state index >= 15 is 4.39 Å². The lowest BCUT2D eigenvalue weighted by atomic mass is 9.96. The van der Waals surface area contributed by atoms with Crippen LogP contribution in [-0.4, -0.2) is 38.3 Å². The van der Waals surface area contributed by atoms with E-state index in [2.05, 4.69) is 25.9 Å². The van der Waals surface area contributed by atoms with Gasteiger partial charge in [0.25, 0.3) is 0 Å². The van der Waals surface area contributed by atoms with Gasteiger partial charge in [0.1, 0.15) is 12.0 Å².